The molecule has 0 spiro atoms. The van der Waals surface area contributed by atoms with Crippen molar-refractivity contribution in [3.63, 3.8) is 0 Å². The van der Waals surface area contributed by atoms with Crippen LogP contribution < -0.4 is 10.6 Å². The molecule has 25 heavy (non-hydrogen) atoms. The summed E-state index contributed by atoms with van der Waals surface area (Å²) in [5, 5.41) is 6.71. The number of hydrazone groups is 1. The highest BCUT2D eigenvalue weighted by Crippen LogP contribution is 2.19. The van der Waals surface area contributed by atoms with E-state index >= 15 is 0 Å². The third-order valence-electron chi connectivity index (χ3n) is 3.90. The van der Waals surface area contributed by atoms with Gasteiger partial charge in [-0.15, -0.1) is 5.10 Å². The van der Waals surface area contributed by atoms with Crippen LogP contribution in [0, 0.1) is 0 Å². The number of ether oxygens (including phenoxy) is 1. The molecule has 1 aliphatic rings. The third kappa shape index (κ3) is 3.01. The zero-order valence-corrected chi connectivity index (χ0v) is 13.2. The highest BCUT2D eigenvalue weighted by molar-refractivity contribution is 6.00. The van der Waals surface area contributed by atoms with Crippen LogP contribution in [0.4, 0.5) is 5.69 Å². The fourth-order valence-corrected chi connectivity index (χ4v) is 2.66. The highest BCUT2D eigenvalue weighted by Gasteiger charge is 2.22. The van der Waals surface area contributed by atoms with Crippen molar-refractivity contribution in [1.82, 2.24) is 0 Å². The van der Waals surface area contributed by atoms with Crippen molar-refractivity contribution < 1.29 is 13.9 Å². The lowest BCUT2D eigenvalue weighted by atomic mass is 10.2. The fourth-order valence-electron chi connectivity index (χ4n) is 2.66. The van der Waals surface area contributed by atoms with E-state index in [0.717, 1.165) is 5.69 Å². The zero-order valence-electron chi connectivity index (χ0n) is 13.2. The molecule has 0 atom stereocenters. The van der Waals surface area contributed by atoms with Crippen LogP contribution in [-0.2, 0) is 4.74 Å². The maximum atomic E-state index is 12.3. The summed E-state index contributed by atoms with van der Waals surface area (Å²) in [6.07, 6.45) is 0.486. The number of para-hydroxylation sites is 2. The molecular weight excluding hydrogens is 320 g/mol. The van der Waals surface area contributed by atoms with E-state index in [1.54, 1.807) is 29.3 Å². The van der Waals surface area contributed by atoms with Gasteiger partial charge in [0.15, 0.2) is 0 Å². The third-order valence-corrected chi connectivity index (χ3v) is 3.90. The molecule has 6 heteroatoms. The molecule has 0 amide bonds. The minimum atomic E-state index is -0.756. The summed E-state index contributed by atoms with van der Waals surface area (Å²) in [4.78, 5) is 24.3. The molecule has 0 unspecified atom stereocenters. The van der Waals surface area contributed by atoms with Crippen LogP contribution in [0.3, 0.4) is 0 Å². The smallest absolute Gasteiger partial charge is 0.352 e. The van der Waals surface area contributed by atoms with Gasteiger partial charge in [-0.3, -0.25) is 5.01 Å². The summed E-state index contributed by atoms with van der Waals surface area (Å²) in [6, 6.07) is 18.1. The number of hydrogen-bond donors (Lipinski definition) is 0. The van der Waals surface area contributed by atoms with Gasteiger partial charge in [0.2, 0.25) is 5.90 Å². The monoisotopic (exact) mass is 334 g/mol. The number of benzene rings is 2. The first-order valence-electron chi connectivity index (χ1n) is 7.86. The zero-order chi connectivity index (χ0) is 17.2. The van der Waals surface area contributed by atoms with Crippen LogP contribution in [0.5, 0.6) is 0 Å². The fraction of sp³-hybridized carbons (Fsp3) is 0.105. The summed E-state index contributed by atoms with van der Waals surface area (Å²) >= 11 is 0. The van der Waals surface area contributed by atoms with Crippen LogP contribution in [0.2, 0.25) is 0 Å². The Balaban J connectivity index is 1.56. The largest absolute Gasteiger partial charge is 0.422 e. The molecule has 0 N–H and O–H groups in total. The van der Waals surface area contributed by atoms with Gasteiger partial charge in [-0.1, -0.05) is 36.4 Å². The van der Waals surface area contributed by atoms with Crippen molar-refractivity contribution in [3.8, 4) is 0 Å². The van der Waals surface area contributed by atoms with Gasteiger partial charge in [0.1, 0.15) is 11.1 Å². The molecule has 0 aliphatic carbocycles. The van der Waals surface area contributed by atoms with Crippen LogP contribution in [0.1, 0.15) is 16.8 Å². The Morgan fingerprint density at radius 2 is 1.84 bits per heavy atom. The van der Waals surface area contributed by atoms with E-state index in [9.17, 15) is 9.59 Å². The Morgan fingerprint density at radius 3 is 2.68 bits per heavy atom. The topological polar surface area (TPSA) is 72.1 Å². The molecule has 124 valence electrons. The number of carbonyl (C=O) groups is 1. The standard InChI is InChI=1S/C19H14N2O4/c22-18-15(12-13-6-4-5-9-16(13)24-18)19(23)25-17-10-11-21(20-17)14-7-2-1-3-8-14/h1-9,12H,10-11H2. The molecule has 0 fully saturated rings. The van der Waals surface area contributed by atoms with E-state index in [4.69, 9.17) is 9.15 Å². The molecule has 0 saturated carbocycles. The van der Waals surface area contributed by atoms with Crippen molar-refractivity contribution in [3.05, 3.63) is 76.6 Å². The maximum Gasteiger partial charge on any atom is 0.352 e. The predicted molar refractivity (Wildman–Crippen MR) is 93.7 cm³/mol. The first-order valence-corrected chi connectivity index (χ1v) is 7.86. The van der Waals surface area contributed by atoms with Gasteiger partial charge >= 0.3 is 11.6 Å². The van der Waals surface area contributed by atoms with E-state index < -0.39 is 11.6 Å². The Hall–Kier alpha value is -3.41. The maximum absolute atomic E-state index is 12.3. The molecular formula is C19H14N2O4. The summed E-state index contributed by atoms with van der Waals surface area (Å²) < 4.78 is 10.5. The van der Waals surface area contributed by atoms with Gasteiger partial charge in [-0.05, 0) is 24.3 Å². The second-order valence-electron chi connectivity index (χ2n) is 5.58. The summed E-state index contributed by atoms with van der Waals surface area (Å²) in [6.45, 7) is 0.610. The molecule has 3 aromatic rings. The SMILES string of the molecule is O=C(OC1=NN(c2ccccc2)CC1)c1cc2ccccc2oc1=O. The average Bonchev–Trinajstić information content (AvgIpc) is 3.10. The molecule has 2 heterocycles. The minimum Gasteiger partial charge on any atom is -0.422 e. The normalized spacial score (nSPS) is 13.8. The quantitative estimate of drug-likeness (QED) is 0.532. The minimum absolute atomic E-state index is 0.139. The molecule has 0 bridgehead atoms. The molecule has 6 nitrogen and oxygen atoms in total. The van der Waals surface area contributed by atoms with Crippen LogP contribution >= 0.6 is 0 Å². The van der Waals surface area contributed by atoms with E-state index in [2.05, 4.69) is 5.10 Å². The van der Waals surface area contributed by atoms with Gasteiger partial charge < -0.3 is 9.15 Å². The second-order valence-corrected chi connectivity index (χ2v) is 5.58. The van der Waals surface area contributed by atoms with Gasteiger partial charge in [0.05, 0.1) is 12.2 Å². The van der Waals surface area contributed by atoms with E-state index in [1.807, 2.05) is 30.3 Å². The highest BCUT2D eigenvalue weighted by atomic mass is 16.5. The number of nitrogens with zero attached hydrogens (tertiary/aromatic N) is 2. The van der Waals surface area contributed by atoms with E-state index in [0.29, 0.717) is 23.9 Å². The van der Waals surface area contributed by atoms with Gasteiger partial charge in [-0.2, -0.15) is 0 Å². The van der Waals surface area contributed by atoms with Gasteiger partial charge in [0.25, 0.3) is 0 Å². The molecule has 2 aromatic carbocycles. The Kier molecular flexibility index (Phi) is 3.78. The number of fused-ring (bicyclic) bond motifs is 1. The van der Waals surface area contributed by atoms with Gasteiger partial charge in [0, 0.05) is 11.8 Å². The van der Waals surface area contributed by atoms with Gasteiger partial charge in [-0.25, -0.2) is 9.59 Å². The molecule has 1 aliphatic heterocycles. The van der Waals surface area contributed by atoms with Crippen molar-refractivity contribution in [1.29, 1.82) is 0 Å². The van der Waals surface area contributed by atoms with Crippen molar-refractivity contribution in [2.24, 2.45) is 5.10 Å². The summed E-state index contributed by atoms with van der Waals surface area (Å²) in [5.74, 6) is -0.477. The van der Waals surface area contributed by atoms with Crippen LogP contribution in [0.15, 0.2) is 75.0 Å². The number of carbonyl (C=O) groups excluding carboxylic acids is 1. The Morgan fingerprint density at radius 1 is 1.08 bits per heavy atom. The number of hydrogen-bond acceptors (Lipinski definition) is 6. The van der Waals surface area contributed by atoms with E-state index in [-0.39, 0.29) is 11.5 Å². The number of rotatable bonds is 2. The lowest BCUT2D eigenvalue weighted by Gasteiger charge is -2.11. The Bertz CT molecular complexity index is 1020. The predicted octanol–water partition coefficient (Wildman–Crippen LogP) is 3.17. The summed E-state index contributed by atoms with van der Waals surface area (Å²) in [5.41, 5.74) is 0.484. The lowest BCUT2D eigenvalue weighted by Crippen LogP contribution is -2.19. The lowest BCUT2D eigenvalue weighted by molar-refractivity contribution is 0.0709. The second kappa shape index (κ2) is 6.24. The molecule has 1 aromatic heterocycles. The van der Waals surface area contributed by atoms with Crippen LogP contribution in [-0.4, -0.2) is 18.4 Å². The van der Waals surface area contributed by atoms with Crippen molar-refractivity contribution in [2.75, 3.05) is 11.6 Å². The molecule has 0 saturated heterocycles. The van der Waals surface area contributed by atoms with Crippen LogP contribution in [0.25, 0.3) is 11.0 Å². The van der Waals surface area contributed by atoms with Crippen molar-refractivity contribution in [2.45, 2.75) is 6.42 Å². The Labute approximate surface area is 142 Å². The average molecular weight is 334 g/mol. The number of anilines is 1. The van der Waals surface area contributed by atoms with Crippen molar-refractivity contribution >= 4 is 28.5 Å². The van der Waals surface area contributed by atoms with E-state index in [1.165, 1.54) is 6.07 Å². The molecule has 4 rings (SSSR count). The molecule has 0 radical (unpaired) electrons. The first kappa shape index (κ1) is 15.1. The summed E-state index contributed by atoms with van der Waals surface area (Å²) in [7, 11) is 0. The first-order chi connectivity index (χ1) is 12.2. The number of esters is 1.